The molecule has 0 radical (unpaired) electrons. The second-order valence-electron chi connectivity index (χ2n) is 4.53. The fraction of sp³-hybridized carbons (Fsp3) is 0.176. The lowest BCUT2D eigenvalue weighted by Crippen LogP contribution is -1.96. The van der Waals surface area contributed by atoms with Gasteiger partial charge in [-0.2, -0.15) is 0 Å². The van der Waals surface area contributed by atoms with Gasteiger partial charge in [0.1, 0.15) is 11.3 Å². The first-order valence-corrected chi connectivity index (χ1v) is 6.56. The van der Waals surface area contributed by atoms with Crippen LogP contribution in [0.15, 0.2) is 46.9 Å². The van der Waals surface area contributed by atoms with Crippen LogP contribution >= 0.6 is 0 Å². The van der Waals surface area contributed by atoms with Crippen LogP contribution in [-0.4, -0.2) is 21.3 Å². The second kappa shape index (κ2) is 5.40. The maximum absolute atomic E-state index is 5.89. The van der Waals surface area contributed by atoms with Crippen molar-refractivity contribution in [3.8, 4) is 28.6 Å². The Balaban J connectivity index is 2.21. The van der Waals surface area contributed by atoms with Crippen LogP contribution in [0.3, 0.4) is 0 Å². The molecule has 3 aromatic rings. The molecule has 0 fully saturated rings. The molecule has 0 aliphatic carbocycles. The molecule has 0 saturated carbocycles. The summed E-state index contributed by atoms with van der Waals surface area (Å²) in [6.07, 6.45) is 0. The van der Waals surface area contributed by atoms with Crippen LogP contribution in [-0.2, 0) is 0 Å². The van der Waals surface area contributed by atoms with E-state index in [-0.39, 0.29) is 0 Å². The summed E-state index contributed by atoms with van der Waals surface area (Å²) in [5.41, 5.74) is 1.66. The van der Waals surface area contributed by atoms with Crippen molar-refractivity contribution in [2.75, 3.05) is 21.3 Å². The highest BCUT2D eigenvalue weighted by atomic mass is 16.5. The lowest BCUT2D eigenvalue weighted by atomic mass is 10.1. The van der Waals surface area contributed by atoms with Crippen molar-refractivity contribution >= 4 is 11.0 Å². The molecule has 4 heteroatoms. The maximum atomic E-state index is 5.89. The molecule has 108 valence electrons. The quantitative estimate of drug-likeness (QED) is 0.722. The standard InChI is InChI=1S/C17H16O4/c1-18-14-9-8-12(16(19-2)17(14)20-3)15-10-11-6-4-5-7-13(11)21-15/h4-10H,1-3H3. The average molecular weight is 284 g/mol. The van der Waals surface area contributed by atoms with Crippen molar-refractivity contribution in [3.63, 3.8) is 0 Å². The molecule has 3 rings (SSSR count). The van der Waals surface area contributed by atoms with Crippen molar-refractivity contribution < 1.29 is 18.6 Å². The predicted molar refractivity (Wildman–Crippen MR) is 81.3 cm³/mol. The van der Waals surface area contributed by atoms with Gasteiger partial charge in [-0.1, -0.05) is 18.2 Å². The molecule has 4 nitrogen and oxygen atoms in total. The highest BCUT2D eigenvalue weighted by molar-refractivity contribution is 5.85. The fourth-order valence-electron chi connectivity index (χ4n) is 2.41. The Morgan fingerprint density at radius 1 is 0.810 bits per heavy atom. The number of furan rings is 1. The van der Waals surface area contributed by atoms with E-state index in [4.69, 9.17) is 18.6 Å². The van der Waals surface area contributed by atoms with E-state index in [1.165, 1.54) is 0 Å². The number of benzene rings is 2. The Bertz CT molecular complexity index is 741. The summed E-state index contributed by atoms with van der Waals surface area (Å²) < 4.78 is 22.1. The zero-order valence-electron chi connectivity index (χ0n) is 12.2. The molecule has 0 atom stereocenters. The number of ether oxygens (including phenoxy) is 3. The Morgan fingerprint density at radius 2 is 1.57 bits per heavy atom. The van der Waals surface area contributed by atoms with Gasteiger partial charge in [-0.05, 0) is 24.3 Å². The van der Waals surface area contributed by atoms with Gasteiger partial charge >= 0.3 is 0 Å². The Labute approximate surface area is 122 Å². The van der Waals surface area contributed by atoms with Crippen LogP contribution in [0.1, 0.15) is 0 Å². The summed E-state index contributed by atoms with van der Waals surface area (Å²) >= 11 is 0. The summed E-state index contributed by atoms with van der Waals surface area (Å²) in [6.45, 7) is 0. The van der Waals surface area contributed by atoms with Crippen LogP contribution in [0.25, 0.3) is 22.3 Å². The van der Waals surface area contributed by atoms with Gasteiger partial charge in [-0.25, -0.2) is 0 Å². The van der Waals surface area contributed by atoms with E-state index in [9.17, 15) is 0 Å². The van der Waals surface area contributed by atoms with Crippen LogP contribution in [0, 0.1) is 0 Å². The number of hydrogen-bond donors (Lipinski definition) is 0. The monoisotopic (exact) mass is 284 g/mol. The third kappa shape index (κ3) is 2.18. The molecule has 0 unspecified atom stereocenters. The van der Waals surface area contributed by atoms with E-state index in [1.54, 1.807) is 21.3 Å². The Morgan fingerprint density at radius 3 is 2.24 bits per heavy atom. The number of hydrogen-bond acceptors (Lipinski definition) is 4. The van der Waals surface area contributed by atoms with Crippen molar-refractivity contribution in [1.82, 2.24) is 0 Å². The van der Waals surface area contributed by atoms with Crippen molar-refractivity contribution in [1.29, 1.82) is 0 Å². The minimum absolute atomic E-state index is 0.554. The van der Waals surface area contributed by atoms with E-state index in [1.807, 2.05) is 42.5 Å². The van der Waals surface area contributed by atoms with Crippen LogP contribution in [0.4, 0.5) is 0 Å². The maximum Gasteiger partial charge on any atom is 0.204 e. The van der Waals surface area contributed by atoms with Crippen molar-refractivity contribution in [3.05, 3.63) is 42.5 Å². The van der Waals surface area contributed by atoms with Gasteiger partial charge in [0.05, 0.1) is 26.9 Å². The molecular formula is C17H16O4. The van der Waals surface area contributed by atoms with Gasteiger partial charge in [0, 0.05) is 5.39 Å². The minimum atomic E-state index is 0.554. The van der Waals surface area contributed by atoms with Gasteiger partial charge < -0.3 is 18.6 Å². The van der Waals surface area contributed by atoms with Crippen LogP contribution in [0.5, 0.6) is 17.2 Å². The van der Waals surface area contributed by atoms with Crippen molar-refractivity contribution in [2.24, 2.45) is 0 Å². The molecule has 0 spiro atoms. The minimum Gasteiger partial charge on any atom is -0.493 e. The predicted octanol–water partition coefficient (Wildman–Crippen LogP) is 4.13. The van der Waals surface area contributed by atoms with E-state index in [2.05, 4.69) is 0 Å². The molecule has 0 bridgehead atoms. The normalized spacial score (nSPS) is 10.6. The molecule has 1 aromatic heterocycles. The Hall–Kier alpha value is -2.62. The molecule has 0 aliphatic rings. The van der Waals surface area contributed by atoms with Gasteiger partial charge in [0.2, 0.25) is 5.75 Å². The Kier molecular flexibility index (Phi) is 3.44. The summed E-state index contributed by atoms with van der Waals surface area (Å²) in [6, 6.07) is 13.6. The first-order chi connectivity index (χ1) is 10.3. The van der Waals surface area contributed by atoms with Crippen LogP contribution < -0.4 is 14.2 Å². The first-order valence-electron chi connectivity index (χ1n) is 6.56. The summed E-state index contributed by atoms with van der Waals surface area (Å²) in [5.74, 6) is 2.50. The topological polar surface area (TPSA) is 40.8 Å². The molecule has 0 N–H and O–H groups in total. The first kappa shape index (κ1) is 13.4. The summed E-state index contributed by atoms with van der Waals surface area (Å²) in [5, 5.41) is 1.05. The molecule has 2 aromatic carbocycles. The summed E-state index contributed by atoms with van der Waals surface area (Å²) in [7, 11) is 4.78. The second-order valence-corrected chi connectivity index (χ2v) is 4.53. The number of para-hydroxylation sites is 1. The number of methoxy groups -OCH3 is 3. The molecule has 0 saturated heterocycles. The van der Waals surface area contributed by atoms with E-state index in [0.29, 0.717) is 17.2 Å². The lowest BCUT2D eigenvalue weighted by molar-refractivity contribution is 0.325. The zero-order valence-corrected chi connectivity index (χ0v) is 12.2. The molecule has 1 heterocycles. The van der Waals surface area contributed by atoms with Gasteiger partial charge in [-0.3, -0.25) is 0 Å². The third-order valence-electron chi connectivity index (χ3n) is 3.40. The van der Waals surface area contributed by atoms with E-state index >= 15 is 0 Å². The van der Waals surface area contributed by atoms with E-state index in [0.717, 1.165) is 22.3 Å². The van der Waals surface area contributed by atoms with Gasteiger partial charge in [0.15, 0.2) is 11.5 Å². The van der Waals surface area contributed by atoms with Gasteiger partial charge in [0.25, 0.3) is 0 Å². The molecular weight excluding hydrogens is 268 g/mol. The highest BCUT2D eigenvalue weighted by Crippen LogP contribution is 2.45. The van der Waals surface area contributed by atoms with E-state index < -0.39 is 0 Å². The average Bonchev–Trinajstić information content (AvgIpc) is 2.96. The fourth-order valence-corrected chi connectivity index (χ4v) is 2.41. The number of fused-ring (bicyclic) bond motifs is 1. The smallest absolute Gasteiger partial charge is 0.204 e. The largest absolute Gasteiger partial charge is 0.493 e. The van der Waals surface area contributed by atoms with Crippen LogP contribution in [0.2, 0.25) is 0 Å². The van der Waals surface area contributed by atoms with Crippen molar-refractivity contribution in [2.45, 2.75) is 0 Å². The highest BCUT2D eigenvalue weighted by Gasteiger charge is 2.19. The molecule has 21 heavy (non-hydrogen) atoms. The zero-order chi connectivity index (χ0) is 14.8. The summed E-state index contributed by atoms with van der Waals surface area (Å²) in [4.78, 5) is 0. The molecule has 0 aliphatic heterocycles. The molecule has 0 amide bonds. The SMILES string of the molecule is COc1ccc(-c2cc3ccccc3o2)c(OC)c1OC. The number of rotatable bonds is 4. The van der Waals surface area contributed by atoms with Gasteiger partial charge in [-0.15, -0.1) is 0 Å². The third-order valence-corrected chi connectivity index (χ3v) is 3.40. The lowest BCUT2D eigenvalue weighted by Gasteiger charge is -2.14.